The van der Waals surface area contributed by atoms with Crippen LogP contribution in [0, 0.1) is 0 Å². The Kier molecular flexibility index (Phi) is 3.08. The predicted octanol–water partition coefficient (Wildman–Crippen LogP) is 2.56. The second-order valence-corrected chi connectivity index (χ2v) is 6.34. The summed E-state index contributed by atoms with van der Waals surface area (Å²) in [6.07, 6.45) is 4.91. The van der Waals surface area contributed by atoms with Crippen molar-refractivity contribution in [2.75, 3.05) is 12.8 Å². The number of hydrogen-bond acceptors (Lipinski definition) is 3. The number of imidazole rings is 1. The average Bonchev–Trinajstić information content (AvgIpc) is 3.11. The first-order valence-electron chi connectivity index (χ1n) is 6.40. The van der Waals surface area contributed by atoms with Crippen LogP contribution in [0.4, 0.5) is 0 Å². The first-order chi connectivity index (χ1) is 8.74. The van der Waals surface area contributed by atoms with Crippen molar-refractivity contribution < 1.29 is 0 Å². The fourth-order valence-electron chi connectivity index (χ4n) is 2.35. The van der Waals surface area contributed by atoms with Gasteiger partial charge in [0.1, 0.15) is 5.82 Å². The van der Waals surface area contributed by atoms with Crippen LogP contribution in [0.2, 0.25) is 0 Å². The zero-order valence-corrected chi connectivity index (χ0v) is 11.8. The van der Waals surface area contributed by atoms with E-state index in [0.717, 1.165) is 24.4 Å². The van der Waals surface area contributed by atoms with Crippen LogP contribution in [0.15, 0.2) is 24.3 Å². The van der Waals surface area contributed by atoms with Crippen LogP contribution in [0.5, 0.6) is 0 Å². The van der Waals surface area contributed by atoms with E-state index in [4.69, 9.17) is 0 Å². The van der Waals surface area contributed by atoms with Gasteiger partial charge >= 0.3 is 0 Å². The van der Waals surface area contributed by atoms with Gasteiger partial charge in [0, 0.05) is 18.3 Å². The second-order valence-electron chi connectivity index (χ2n) is 5.07. The fourth-order valence-corrected chi connectivity index (χ4v) is 3.10. The summed E-state index contributed by atoms with van der Waals surface area (Å²) in [5.74, 6) is 1.12. The van der Waals surface area contributed by atoms with Crippen molar-refractivity contribution in [1.82, 2.24) is 14.9 Å². The highest BCUT2D eigenvalue weighted by Crippen LogP contribution is 2.46. The lowest BCUT2D eigenvalue weighted by Gasteiger charge is -2.12. The normalized spacial score (nSPS) is 17.2. The predicted molar refractivity (Wildman–Crippen MR) is 77.9 cm³/mol. The van der Waals surface area contributed by atoms with Crippen molar-refractivity contribution in [3.8, 4) is 0 Å². The molecule has 0 radical (unpaired) electrons. The maximum Gasteiger partial charge on any atom is 0.123 e. The largest absolute Gasteiger partial charge is 0.330 e. The number of thioether (sulfide) groups is 1. The molecule has 96 valence electrons. The molecule has 1 aromatic heterocycles. The summed E-state index contributed by atoms with van der Waals surface area (Å²) in [5, 5.41) is 3.55. The first kappa shape index (κ1) is 12.1. The summed E-state index contributed by atoms with van der Waals surface area (Å²) in [6, 6.07) is 8.30. The summed E-state index contributed by atoms with van der Waals surface area (Å²) < 4.78 is 2.70. The second kappa shape index (κ2) is 4.59. The quantitative estimate of drug-likeness (QED) is 0.897. The molecule has 3 nitrogen and oxygen atoms in total. The Bertz CT molecular complexity index is 557. The van der Waals surface area contributed by atoms with Crippen LogP contribution in [0.1, 0.15) is 18.7 Å². The Labute approximate surface area is 112 Å². The highest BCUT2D eigenvalue weighted by atomic mass is 32.2. The smallest absolute Gasteiger partial charge is 0.123 e. The van der Waals surface area contributed by atoms with Crippen LogP contribution in [0.3, 0.4) is 0 Å². The molecule has 1 fully saturated rings. The molecule has 0 atom stereocenters. The van der Waals surface area contributed by atoms with Gasteiger partial charge in [0.05, 0.1) is 17.6 Å². The molecule has 0 amide bonds. The highest BCUT2D eigenvalue weighted by molar-refractivity contribution is 8.00. The standard InChI is InChI=1S/C14H19N3S/c1-17-12-6-4-3-5-11(12)16-13(17)9-15-10-14(18-2)7-8-14/h3-6,15H,7-10H2,1-2H3. The van der Waals surface area contributed by atoms with E-state index < -0.39 is 0 Å². The van der Waals surface area contributed by atoms with E-state index in [0.29, 0.717) is 4.75 Å². The van der Waals surface area contributed by atoms with Gasteiger partial charge in [0.15, 0.2) is 0 Å². The third kappa shape index (κ3) is 2.15. The number of nitrogens with one attached hydrogen (secondary N) is 1. The topological polar surface area (TPSA) is 29.9 Å². The molecule has 1 heterocycles. The third-order valence-corrected chi connectivity index (χ3v) is 5.27. The monoisotopic (exact) mass is 261 g/mol. The number of rotatable bonds is 5. The van der Waals surface area contributed by atoms with Gasteiger partial charge in [-0.2, -0.15) is 11.8 Å². The van der Waals surface area contributed by atoms with E-state index >= 15 is 0 Å². The van der Waals surface area contributed by atoms with E-state index in [1.54, 1.807) is 0 Å². The fraction of sp³-hybridized carbons (Fsp3) is 0.500. The molecule has 0 bridgehead atoms. The average molecular weight is 261 g/mol. The minimum absolute atomic E-state index is 0.518. The Balaban J connectivity index is 1.69. The molecule has 18 heavy (non-hydrogen) atoms. The van der Waals surface area contributed by atoms with Crippen molar-refractivity contribution in [3.05, 3.63) is 30.1 Å². The molecule has 2 aromatic rings. The molecule has 3 rings (SSSR count). The number of hydrogen-bond donors (Lipinski definition) is 1. The summed E-state index contributed by atoms with van der Waals surface area (Å²) >= 11 is 1.99. The van der Waals surface area contributed by atoms with Gasteiger partial charge in [-0.1, -0.05) is 12.1 Å². The van der Waals surface area contributed by atoms with Crippen LogP contribution in [0.25, 0.3) is 11.0 Å². The maximum absolute atomic E-state index is 4.67. The number of aromatic nitrogens is 2. The Hall–Kier alpha value is -1.00. The molecule has 0 spiro atoms. The lowest BCUT2D eigenvalue weighted by atomic mass is 10.3. The summed E-state index contributed by atoms with van der Waals surface area (Å²) in [4.78, 5) is 4.67. The summed E-state index contributed by atoms with van der Waals surface area (Å²) in [7, 11) is 2.09. The molecular weight excluding hydrogens is 242 g/mol. The van der Waals surface area contributed by atoms with Gasteiger partial charge in [-0.05, 0) is 31.2 Å². The molecule has 1 saturated carbocycles. The molecule has 1 aliphatic carbocycles. The lowest BCUT2D eigenvalue weighted by molar-refractivity contribution is 0.625. The van der Waals surface area contributed by atoms with Crippen molar-refractivity contribution in [3.63, 3.8) is 0 Å². The van der Waals surface area contributed by atoms with Crippen LogP contribution in [-0.2, 0) is 13.6 Å². The SMILES string of the molecule is CSC1(CNCc2nc3ccccc3n2C)CC1. The number of aryl methyl sites for hydroxylation is 1. The van der Waals surface area contributed by atoms with Crippen molar-refractivity contribution >= 4 is 22.8 Å². The maximum atomic E-state index is 4.67. The van der Waals surface area contributed by atoms with E-state index in [1.807, 2.05) is 17.8 Å². The Morgan fingerprint density at radius 3 is 2.83 bits per heavy atom. The zero-order valence-electron chi connectivity index (χ0n) is 10.9. The van der Waals surface area contributed by atoms with Crippen LogP contribution in [-0.4, -0.2) is 27.1 Å². The minimum Gasteiger partial charge on any atom is -0.330 e. The molecular formula is C14H19N3S. The third-order valence-electron chi connectivity index (χ3n) is 3.85. The van der Waals surface area contributed by atoms with Gasteiger partial charge in [-0.15, -0.1) is 0 Å². The summed E-state index contributed by atoms with van der Waals surface area (Å²) in [5.41, 5.74) is 2.29. The van der Waals surface area contributed by atoms with E-state index in [-0.39, 0.29) is 0 Å². The van der Waals surface area contributed by atoms with Crippen LogP contribution >= 0.6 is 11.8 Å². The minimum atomic E-state index is 0.518. The molecule has 4 heteroatoms. The highest BCUT2D eigenvalue weighted by Gasteiger charge is 2.41. The number of nitrogens with zero attached hydrogens (tertiary/aromatic N) is 2. The van der Waals surface area contributed by atoms with Crippen molar-refractivity contribution in [2.45, 2.75) is 24.1 Å². The molecule has 0 saturated heterocycles. The van der Waals surface area contributed by atoms with E-state index in [1.165, 1.54) is 18.4 Å². The van der Waals surface area contributed by atoms with Gasteiger partial charge in [-0.25, -0.2) is 4.98 Å². The van der Waals surface area contributed by atoms with E-state index in [9.17, 15) is 0 Å². The number of para-hydroxylation sites is 2. The number of fused-ring (bicyclic) bond motifs is 1. The zero-order chi connectivity index (χ0) is 12.6. The number of benzene rings is 1. The van der Waals surface area contributed by atoms with Gasteiger partial charge in [0.25, 0.3) is 0 Å². The van der Waals surface area contributed by atoms with E-state index in [2.05, 4.69) is 46.4 Å². The first-order valence-corrected chi connectivity index (χ1v) is 7.63. The van der Waals surface area contributed by atoms with Gasteiger partial charge in [0.2, 0.25) is 0 Å². The van der Waals surface area contributed by atoms with Crippen LogP contribution < -0.4 is 5.32 Å². The van der Waals surface area contributed by atoms with Gasteiger partial charge < -0.3 is 9.88 Å². The molecule has 1 aliphatic rings. The Morgan fingerprint density at radius 1 is 1.39 bits per heavy atom. The molecule has 1 aromatic carbocycles. The summed E-state index contributed by atoms with van der Waals surface area (Å²) in [6.45, 7) is 1.95. The molecule has 0 unspecified atom stereocenters. The Morgan fingerprint density at radius 2 is 2.17 bits per heavy atom. The molecule has 1 N–H and O–H groups in total. The lowest BCUT2D eigenvalue weighted by Crippen LogP contribution is -2.26. The van der Waals surface area contributed by atoms with Crippen molar-refractivity contribution in [2.24, 2.45) is 7.05 Å². The van der Waals surface area contributed by atoms with Crippen molar-refractivity contribution in [1.29, 1.82) is 0 Å². The molecule has 0 aliphatic heterocycles. The van der Waals surface area contributed by atoms with Gasteiger partial charge in [-0.3, -0.25) is 0 Å².